The molecule has 4 atom stereocenters. The van der Waals surface area contributed by atoms with Crippen LogP contribution in [0.4, 0.5) is 10.1 Å². The highest BCUT2D eigenvalue weighted by Crippen LogP contribution is 2.47. The normalized spacial score (nSPS) is 29.7. The van der Waals surface area contributed by atoms with Gasteiger partial charge in [0.2, 0.25) is 0 Å². The summed E-state index contributed by atoms with van der Waals surface area (Å²) in [6.07, 6.45) is 3.17. The zero-order chi connectivity index (χ0) is 29.1. The van der Waals surface area contributed by atoms with Crippen LogP contribution in [-0.2, 0) is 20.1 Å². The molecule has 2 aromatic carbocycles. The van der Waals surface area contributed by atoms with E-state index in [2.05, 4.69) is 0 Å². The van der Waals surface area contributed by atoms with Gasteiger partial charge in [0, 0.05) is 30.0 Å². The number of carbonyl (C=O) groups excluding carboxylic acids is 3. The Kier molecular flexibility index (Phi) is 6.77. The fraction of sp³-hybridized carbons (Fsp3) is 0.469. The number of esters is 1. The summed E-state index contributed by atoms with van der Waals surface area (Å²) in [6.45, 7) is 3.54. The number of carbonyl (C=O) groups is 3. The Morgan fingerprint density at radius 2 is 1.78 bits per heavy atom. The van der Waals surface area contributed by atoms with Crippen molar-refractivity contribution in [3.63, 3.8) is 0 Å². The molecule has 1 aromatic heterocycles. The van der Waals surface area contributed by atoms with Gasteiger partial charge in [0.25, 0.3) is 5.91 Å². The van der Waals surface area contributed by atoms with Gasteiger partial charge in [0.1, 0.15) is 18.1 Å². The van der Waals surface area contributed by atoms with Crippen molar-refractivity contribution >= 4 is 34.4 Å². The highest BCUT2D eigenvalue weighted by molar-refractivity contribution is 6.02. The minimum Gasteiger partial charge on any atom is -0.434 e. The molecule has 0 spiro atoms. The van der Waals surface area contributed by atoms with E-state index in [1.54, 1.807) is 6.07 Å². The lowest BCUT2D eigenvalue weighted by atomic mass is 9.77. The lowest BCUT2D eigenvalue weighted by Gasteiger charge is -2.41. The molecule has 3 aromatic rings. The zero-order valence-corrected chi connectivity index (χ0v) is 23.6. The number of hydrogen-bond acceptors (Lipinski definition) is 5. The Morgan fingerprint density at radius 1 is 1.07 bits per heavy atom. The predicted octanol–water partition coefficient (Wildman–Crippen LogP) is 4.48. The van der Waals surface area contributed by atoms with E-state index in [9.17, 15) is 18.8 Å². The highest BCUT2D eigenvalue weighted by atomic mass is 19.1. The number of nitrogens with two attached hydrogens (primary N) is 2. The maximum absolute atomic E-state index is 14.8. The molecule has 41 heavy (non-hydrogen) atoms. The number of halogens is 1. The number of likely N-dealkylation sites (tertiary alicyclic amines) is 1. The topological polar surface area (TPSA) is 117 Å². The van der Waals surface area contributed by atoms with E-state index in [-0.39, 0.29) is 28.1 Å². The first-order valence-electron chi connectivity index (χ1n) is 14.6. The Balaban J connectivity index is 1.47. The number of quaternary nitrogens is 1. The molecule has 2 amide bonds. The maximum Gasteiger partial charge on any atom is 0.357 e. The molecule has 3 heterocycles. The van der Waals surface area contributed by atoms with E-state index in [1.807, 2.05) is 66.9 Å². The number of aromatic nitrogens is 1. The Hall–Kier alpha value is -3.56. The summed E-state index contributed by atoms with van der Waals surface area (Å²) >= 11 is 0. The van der Waals surface area contributed by atoms with Crippen LogP contribution in [0.3, 0.4) is 0 Å². The van der Waals surface area contributed by atoms with Crippen molar-refractivity contribution in [3.05, 3.63) is 65.9 Å². The number of primary amides is 1. The molecular weight excluding hydrogens is 523 g/mol. The summed E-state index contributed by atoms with van der Waals surface area (Å²) in [5.74, 6) is -1.40. The summed E-state index contributed by atoms with van der Waals surface area (Å²) in [5.41, 5.74) is 14.3. The molecule has 1 aliphatic carbocycles. The monoisotopic (exact) mass is 561 g/mol. The van der Waals surface area contributed by atoms with Gasteiger partial charge in [0.15, 0.2) is 11.8 Å². The minimum atomic E-state index is -0.835. The molecule has 1 saturated heterocycles. The Labute approximate surface area is 239 Å². The molecule has 216 valence electrons. The van der Waals surface area contributed by atoms with Crippen LogP contribution in [0.25, 0.3) is 10.9 Å². The number of cyclic esters (lactones) is 1. The first-order valence-corrected chi connectivity index (χ1v) is 14.6. The van der Waals surface area contributed by atoms with Crippen LogP contribution in [0.5, 0.6) is 0 Å². The number of rotatable bonds is 6. The number of benzene rings is 2. The predicted molar refractivity (Wildman–Crippen MR) is 155 cm³/mol. The number of alkyl halides is 1. The molecule has 0 bridgehead atoms. The third-order valence-electron chi connectivity index (χ3n) is 9.80. The van der Waals surface area contributed by atoms with E-state index >= 15 is 0 Å². The van der Waals surface area contributed by atoms with Gasteiger partial charge in [-0.05, 0) is 63.1 Å². The smallest absolute Gasteiger partial charge is 0.357 e. The first-order chi connectivity index (χ1) is 19.6. The summed E-state index contributed by atoms with van der Waals surface area (Å²) in [6, 6.07) is 16.0. The van der Waals surface area contributed by atoms with Gasteiger partial charge in [-0.3, -0.25) is 9.36 Å². The summed E-state index contributed by atoms with van der Waals surface area (Å²) in [4.78, 5) is 40.8. The van der Waals surface area contributed by atoms with Gasteiger partial charge in [-0.1, -0.05) is 30.3 Å². The third-order valence-corrected chi connectivity index (χ3v) is 9.80. The molecule has 0 radical (unpaired) electrons. The Bertz CT molecular complexity index is 1510. The summed E-state index contributed by atoms with van der Waals surface area (Å²) in [7, 11) is 0. The average Bonchev–Trinajstić information content (AvgIpc) is 3.63. The van der Waals surface area contributed by atoms with Crippen molar-refractivity contribution in [2.45, 2.75) is 69.7 Å². The number of fused-ring (bicyclic) bond motifs is 3. The first kappa shape index (κ1) is 27.6. The molecule has 1 saturated carbocycles. The van der Waals surface area contributed by atoms with Crippen LogP contribution >= 0.6 is 0 Å². The lowest BCUT2D eigenvalue weighted by Crippen LogP contribution is -2.64. The molecule has 9 heteroatoms. The molecule has 4 N–H and O–H groups in total. The van der Waals surface area contributed by atoms with Crippen LogP contribution in [-0.4, -0.2) is 47.7 Å². The Morgan fingerprint density at radius 3 is 2.44 bits per heavy atom. The van der Waals surface area contributed by atoms with Crippen LogP contribution in [0.1, 0.15) is 67.9 Å². The van der Waals surface area contributed by atoms with Crippen molar-refractivity contribution in [1.29, 1.82) is 0 Å². The van der Waals surface area contributed by atoms with Crippen LogP contribution in [0.2, 0.25) is 0 Å². The van der Waals surface area contributed by atoms with Gasteiger partial charge < -0.3 is 16.2 Å². The molecule has 8 nitrogen and oxygen atoms in total. The average molecular weight is 562 g/mol. The van der Waals surface area contributed by atoms with Crippen molar-refractivity contribution in [1.82, 2.24) is 9.05 Å². The van der Waals surface area contributed by atoms with Crippen molar-refractivity contribution in [3.8, 4) is 0 Å². The molecule has 2 aliphatic heterocycles. The van der Waals surface area contributed by atoms with E-state index in [0.717, 1.165) is 16.5 Å². The van der Waals surface area contributed by atoms with Gasteiger partial charge in [0.05, 0.1) is 23.9 Å². The molecule has 2 fully saturated rings. The number of ether oxygens (including phenoxy) is 1. The van der Waals surface area contributed by atoms with Crippen LogP contribution < -0.4 is 16.0 Å². The fourth-order valence-electron chi connectivity index (χ4n) is 7.83. The quantitative estimate of drug-likeness (QED) is 0.340. The second-order valence-corrected chi connectivity index (χ2v) is 12.5. The standard InChI is InChI=1S/C32H37FN4O4/c1-32(2)36-26-13-12-23(16-22(26)17-27(36)31(40)41-32)37(30(39)21-10-8-20(9-11-21)25(34)18-33)15-14-24(28(37)29(35)38)19-6-4-3-5-7-19/h3-7,12-13,16-17,20-21,24-25,28H,8-11,14-15,18,34H2,1-2H3,(H-,35,38)/p+1/t20?,21?,24-,25+,28-,37?/m0/s1. The summed E-state index contributed by atoms with van der Waals surface area (Å²) in [5, 5.41) is 0.802. The third kappa shape index (κ3) is 4.28. The van der Waals surface area contributed by atoms with Gasteiger partial charge in [-0.2, -0.15) is 0 Å². The maximum atomic E-state index is 14.8. The fourth-order valence-corrected chi connectivity index (χ4v) is 7.83. The number of nitrogens with zero attached hydrogens (tertiary/aromatic N) is 2. The lowest BCUT2D eigenvalue weighted by molar-refractivity contribution is -0.141. The van der Waals surface area contributed by atoms with Crippen molar-refractivity contribution in [2.75, 3.05) is 13.2 Å². The van der Waals surface area contributed by atoms with E-state index < -0.39 is 36.4 Å². The van der Waals surface area contributed by atoms with Crippen molar-refractivity contribution < 1.29 is 23.5 Å². The number of hydrogen-bond donors (Lipinski definition) is 2. The van der Waals surface area contributed by atoms with Gasteiger partial charge >= 0.3 is 11.9 Å². The van der Waals surface area contributed by atoms with Gasteiger partial charge in [-0.25, -0.2) is 18.5 Å². The molecule has 6 rings (SSSR count). The molecule has 1 unspecified atom stereocenters. The van der Waals surface area contributed by atoms with Crippen LogP contribution in [0, 0.1) is 11.8 Å². The van der Waals surface area contributed by atoms with Gasteiger partial charge in [-0.15, -0.1) is 0 Å². The molecular formula is C32H38FN4O4+. The number of amides is 2. The SMILES string of the molecule is CC1(C)OC(=O)c2cc3cc([N+]4(C(=O)C5CCC([C@H](N)CF)CC5)CC[C@@H](c5ccccc5)[C@H]4C(N)=O)ccc3n21. The minimum absolute atomic E-state index is 0.0228. The van der Waals surface area contributed by atoms with Crippen LogP contribution in [0.15, 0.2) is 54.6 Å². The van der Waals surface area contributed by atoms with E-state index in [0.29, 0.717) is 50.0 Å². The van der Waals surface area contributed by atoms with E-state index in [1.165, 1.54) is 0 Å². The molecule has 3 aliphatic rings. The van der Waals surface area contributed by atoms with Crippen molar-refractivity contribution in [2.24, 2.45) is 23.3 Å². The summed E-state index contributed by atoms with van der Waals surface area (Å²) < 4.78 is 20.5. The second-order valence-electron chi connectivity index (χ2n) is 12.5. The second kappa shape index (κ2) is 10.1. The highest BCUT2D eigenvalue weighted by Gasteiger charge is 2.59. The largest absolute Gasteiger partial charge is 0.434 e. The van der Waals surface area contributed by atoms with E-state index in [4.69, 9.17) is 16.2 Å². The zero-order valence-electron chi connectivity index (χ0n) is 23.6.